The number of amides is 2. The second-order valence-electron chi connectivity index (χ2n) is 11.3. The molecule has 3 atom stereocenters. The van der Waals surface area contributed by atoms with Crippen LogP contribution in [0.15, 0.2) is 11.6 Å². The van der Waals surface area contributed by atoms with Gasteiger partial charge in [0.05, 0.1) is 12.1 Å². The van der Waals surface area contributed by atoms with Crippen LogP contribution in [0.3, 0.4) is 0 Å². The van der Waals surface area contributed by atoms with Crippen LogP contribution in [0.1, 0.15) is 88.0 Å². The van der Waals surface area contributed by atoms with Crippen LogP contribution in [-0.2, 0) is 14.4 Å². The molecule has 0 radical (unpaired) electrons. The summed E-state index contributed by atoms with van der Waals surface area (Å²) in [6.07, 6.45) is 5.80. The summed E-state index contributed by atoms with van der Waals surface area (Å²) in [6, 6.07) is -1.59. The van der Waals surface area contributed by atoms with Crippen molar-refractivity contribution in [1.82, 2.24) is 15.5 Å². The van der Waals surface area contributed by atoms with Gasteiger partial charge in [0.1, 0.15) is 6.04 Å². The molecule has 0 fully saturated rings. The number of carbonyl (C=O) groups excluding carboxylic acids is 2. The standard InChI is InChI=1S/C26H49N3O4/c1-12-13-14-15-26(8,9)20(27-10)22(30)28-21(25(5,6)7)23(31)29(11)19(17(2)3)16-18(4)24(32)33/h16-17,19-21,27H,12-15H2,1-11H3,(H,28,30)(H,32,33)/b18-16+/t19-,20-,21-/m1/s1. The Bertz CT molecular complexity index is 692. The van der Waals surface area contributed by atoms with Crippen LogP contribution in [0.25, 0.3) is 0 Å². The zero-order chi connectivity index (χ0) is 26.1. The maximum absolute atomic E-state index is 13.6. The summed E-state index contributed by atoms with van der Waals surface area (Å²) in [5.41, 5.74) is -0.611. The highest BCUT2D eigenvalue weighted by molar-refractivity contribution is 5.91. The van der Waals surface area contributed by atoms with E-state index in [9.17, 15) is 19.5 Å². The van der Waals surface area contributed by atoms with Crippen LogP contribution in [0.2, 0.25) is 0 Å². The Morgan fingerprint density at radius 3 is 1.97 bits per heavy atom. The fraction of sp³-hybridized carbons (Fsp3) is 0.808. The Hall–Kier alpha value is -1.89. The normalized spacial score (nSPS) is 15.7. The number of hydrogen-bond acceptors (Lipinski definition) is 4. The molecule has 33 heavy (non-hydrogen) atoms. The predicted molar refractivity (Wildman–Crippen MR) is 135 cm³/mol. The molecule has 0 aliphatic carbocycles. The summed E-state index contributed by atoms with van der Waals surface area (Å²) in [6.45, 7) is 17.5. The second-order valence-corrected chi connectivity index (χ2v) is 11.3. The summed E-state index contributed by atoms with van der Waals surface area (Å²) >= 11 is 0. The largest absolute Gasteiger partial charge is 0.478 e. The second kappa shape index (κ2) is 13.1. The molecule has 0 bridgehead atoms. The van der Waals surface area contributed by atoms with Gasteiger partial charge in [-0.2, -0.15) is 0 Å². The van der Waals surface area contributed by atoms with Crippen LogP contribution in [-0.4, -0.2) is 60.0 Å². The third kappa shape index (κ3) is 9.48. The van der Waals surface area contributed by atoms with Crippen molar-refractivity contribution in [1.29, 1.82) is 0 Å². The first kappa shape index (κ1) is 31.1. The van der Waals surface area contributed by atoms with Gasteiger partial charge in [-0.15, -0.1) is 0 Å². The van der Waals surface area contributed by atoms with E-state index in [0.717, 1.165) is 25.7 Å². The van der Waals surface area contributed by atoms with Crippen LogP contribution in [0.4, 0.5) is 0 Å². The van der Waals surface area contributed by atoms with Gasteiger partial charge in [0, 0.05) is 12.6 Å². The van der Waals surface area contributed by atoms with E-state index in [-0.39, 0.29) is 28.7 Å². The predicted octanol–water partition coefficient (Wildman–Crippen LogP) is 4.23. The van der Waals surface area contributed by atoms with Crippen molar-refractivity contribution < 1.29 is 19.5 Å². The molecule has 7 heteroatoms. The van der Waals surface area contributed by atoms with Gasteiger partial charge in [-0.3, -0.25) is 9.59 Å². The van der Waals surface area contributed by atoms with E-state index in [4.69, 9.17) is 0 Å². The number of likely N-dealkylation sites (N-methyl/N-ethyl adjacent to an activating group) is 2. The summed E-state index contributed by atoms with van der Waals surface area (Å²) < 4.78 is 0. The van der Waals surface area contributed by atoms with Crippen LogP contribution >= 0.6 is 0 Å². The van der Waals surface area contributed by atoms with Crippen LogP contribution < -0.4 is 10.6 Å². The number of unbranched alkanes of at least 4 members (excludes halogenated alkanes) is 2. The van der Waals surface area contributed by atoms with Crippen molar-refractivity contribution >= 4 is 17.8 Å². The Morgan fingerprint density at radius 2 is 1.58 bits per heavy atom. The molecule has 0 aromatic rings. The van der Waals surface area contributed by atoms with E-state index in [2.05, 4.69) is 31.4 Å². The van der Waals surface area contributed by atoms with Crippen LogP contribution in [0, 0.1) is 16.7 Å². The minimum absolute atomic E-state index is 0.00660. The highest BCUT2D eigenvalue weighted by Gasteiger charge is 2.40. The molecular weight excluding hydrogens is 418 g/mol. The van der Waals surface area contributed by atoms with Crippen molar-refractivity contribution in [2.75, 3.05) is 14.1 Å². The van der Waals surface area contributed by atoms with Gasteiger partial charge in [0.15, 0.2) is 0 Å². The van der Waals surface area contributed by atoms with Gasteiger partial charge in [-0.05, 0) is 37.1 Å². The molecule has 192 valence electrons. The number of hydrogen-bond donors (Lipinski definition) is 3. The summed E-state index contributed by atoms with van der Waals surface area (Å²) in [7, 11) is 3.45. The Balaban J connectivity index is 5.88. The fourth-order valence-electron chi connectivity index (χ4n) is 4.16. The first-order valence-electron chi connectivity index (χ1n) is 12.2. The van der Waals surface area contributed by atoms with E-state index in [0.29, 0.717) is 0 Å². The molecule has 3 N–H and O–H groups in total. The lowest BCUT2D eigenvalue weighted by molar-refractivity contribution is -0.141. The highest BCUT2D eigenvalue weighted by Crippen LogP contribution is 2.29. The van der Waals surface area contributed by atoms with Crippen molar-refractivity contribution in [3.05, 3.63) is 11.6 Å². The van der Waals surface area contributed by atoms with Crippen molar-refractivity contribution in [3.63, 3.8) is 0 Å². The number of carbonyl (C=O) groups is 3. The van der Waals surface area contributed by atoms with E-state index in [1.807, 2.05) is 34.6 Å². The van der Waals surface area contributed by atoms with Crippen molar-refractivity contribution in [2.45, 2.75) is 106 Å². The van der Waals surface area contributed by atoms with E-state index in [1.54, 1.807) is 25.1 Å². The number of rotatable bonds is 13. The lowest BCUT2D eigenvalue weighted by atomic mass is 9.78. The summed E-state index contributed by atoms with van der Waals surface area (Å²) in [5, 5.41) is 15.5. The fourth-order valence-corrected chi connectivity index (χ4v) is 4.16. The molecule has 0 aliphatic rings. The number of nitrogens with zero attached hydrogens (tertiary/aromatic N) is 1. The van der Waals surface area contributed by atoms with E-state index >= 15 is 0 Å². The molecule has 0 rings (SSSR count). The lowest BCUT2D eigenvalue weighted by Crippen LogP contribution is -2.61. The highest BCUT2D eigenvalue weighted by atomic mass is 16.4. The topological polar surface area (TPSA) is 98.7 Å². The number of nitrogens with one attached hydrogen (secondary N) is 2. The maximum atomic E-state index is 13.6. The number of carboxylic acids is 1. The summed E-state index contributed by atoms with van der Waals surface area (Å²) in [5.74, 6) is -1.43. The maximum Gasteiger partial charge on any atom is 0.331 e. The molecule has 0 aliphatic heterocycles. The average molecular weight is 468 g/mol. The molecule has 0 unspecified atom stereocenters. The zero-order valence-electron chi connectivity index (χ0n) is 22.8. The number of carboxylic acid groups (broad SMARTS) is 1. The van der Waals surface area contributed by atoms with Gasteiger partial charge < -0.3 is 20.6 Å². The van der Waals surface area contributed by atoms with E-state index < -0.39 is 29.5 Å². The van der Waals surface area contributed by atoms with Gasteiger partial charge >= 0.3 is 5.97 Å². The molecular formula is C26H49N3O4. The third-order valence-electron chi connectivity index (χ3n) is 6.39. The molecule has 7 nitrogen and oxygen atoms in total. The zero-order valence-corrected chi connectivity index (χ0v) is 22.8. The molecule has 0 aromatic carbocycles. The first-order valence-corrected chi connectivity index (χ1v) is 12.2. The molecule has 0 heterocycles. The molecule has 0 saturated heterocycles. The minimum Gasteiger partial charge on any atom is -0.478 e. The molecule has 0 aromatic heterocycles. The smallest absolute Gasteiger partial charge is 0.331 e. The Labute approximate surface area is 201 Å². The van der Waals surface area contributed by atoms with Gasteiger partial charge in [-0.1, -0.05) is 80.7 Å². The first-order chi connectivity index (χ1) is 15.0. The molecule has 0 spiro atoms. The lowest BCUT2D eigenvalue weighted by Gasteiger charge is -2.39. The third-order valence-corrected chi connectivity index (χ3v) is 6.39. The van der Waals surface area contributed by atoms with Gasteiger partial charge in [-0.25, -0.2) is 4.79 Å². The van der Waals surface area contributed by atoms with E-state index in [1.165, 1.54) is 6.92 Å². The number of aliphatic carboxylic acids is 1. The average Bonchev–Trinajstić information content (AvgIpc) is 2.68. The monoisotopic (exact) mass is 467 g/mol. The molecule has 0 saturated carbocycles. The van der Waals surface area contributed by atoms with Crippen molar-refractivity contribution in [2.24, 2.45) is 16.7 Å². The Kier molecular flexibility index (Phi) is 12.4. The molecule has 2 amide bonds. The SMILES string of the molecule is CCCCCC(C)(C)[C@H](NC)C(=O)N[C@H](C(=O)N(C)[C@H](/C=C(\C)C(=O)O)C(C)C)C(C)(C)C. The minimum atomic E-state index is -1.01. The van der Waals surface area contributed by atoms with Gasteiger partial charge in [0.25, 0.3) is 0 Å². The van der Waals surface area contributed by atoms with Crippen molar-refractivity contribution in [3.8, 4) is 0 Å². The van der Waals surface area contributed by atoms with Gasteiger partial charge in [0.2, 0.25) is 11.8 Å². The Morgan fingerprint density at radius 1 is 1.03 bits per heavy atom. The van der Waals surface area contributed by atoms with Crippen LogP contribution in [0.5, 0.6) is 0 Å². The quantitative estimate of drug-likeness (QED) is 0.278. The summed E-state index contributed by atoms with van der Waals surface area (Å²) in [4.78, 5) is 39.9.